The highest BCUT2D eigenvalue weighted by Crippen LogP contribution is 2.55. The molecule has 1 aliphatic carbocycles. The molecule has 0 heteroatoms. The molecule has 1 fully saturated rings. The highest BCUT2D eigenvalue weighted by Gasteiger charge is 2.49. The summed E-state index contributed by atoms with van der Waals surface area (Å²) in [5.41, 5.74) is 0. The molecular weight excluding hydrogens is 673 g/mol. The van der Waals surface area contributed by atoms with Crippen molar-refractivity contribution in [3.05, 3.63) is 0 Å². The monoisotopic (exact) mass is 785 g/mol. The molecule has 0 aromatic heterocycles. The third-order valence-electron chi connectivity index (χ3n) is 21.3. The molecule has 0 radical (unpaired) electrons. The van der Waals surface area contributed by atoms with Gasteiger partial charge in [-0.25, -0.2) is 0 Å². The van der Waals surface area contributed by atoms with Gasteiger partial charge >= 0.3 is 0 Å². The Morgan fingerprint density at radius 1 is 0.286 bits per heavy atom. The third kappa shape index (κ3) is 12.3. The fourth-order valence-corrected chi connectivity index (χ4v) is 14.5. The van der Waals surface area contributed by atoms with Crippen LogP contribution in [0.3, 0.4) is 0 Å². The smallest absolute Gasteiger partial charge is 0.0327 e. The van der Waals surface area contributed by atoms with Gasteiger partial charge in [-0.1, -0.05) is 200 Å². The molecule has 336 valence electrons. The second-order valence-electron chi connectivity index (χ2n) is 24.1. The van der Waals surface area contributed by atoms with E-state index in [1.54, 1.807) is 0 Å². The van der Waals surface area contributed by atoms with E-state index in [2.05, 4.69) is 187 Å². The van der Waals surface area contributed by atoms with Crippen molar-refractivity contribution >= 4 is 0 Å². The van der Waals surface area contributed by atoms with E-state index in [9.17, 15) is 0 Å². The molecule has 0 heterocycles. The van der Waals surface area contributed by atoms with Gasteiger partial charge in [-0.05, 0) is 160 Å². The van der Waals surface area contributed by atoms with Crippen LogP contribution >= 0.6 is 0 Å². The Hall–Kier alpha value is 0. The zero-order valence-electron chi connectivity index (χ0n) is 44.0. The first-order valence-electron chi connectivity index (χ1n) is 25.6. The molecule has 22 unspecified atom stereocenters. The number of hydrogen-bond acceptors (Lipinski definition) is 0. The molecule has 1 aliphatic rings. The lowest BCUT2D eigenvalue weighted by molar-refractivity contribution is -0.0675. The zero-order chi connectivity index (χ0) is 44.0. The predicted molar refractivity (Wildman–Crippen MR) is 257 cm³/mol. The van der Waals surface area contributed by atoms with E-state index in [0.717, 1.165) is 148 Å². The molecule has 0 nitrogen and oxygen atoms in total. The van der Waals surface area contributed by atoms with Crippen LogP contribution in [0.15, 0.2) is 0 Å². The summed E-state index contributed by atoms with van der Waals surface area (Å²) in [7, 11) is 0. The summed E-state index contributed by atoms with van der Waals surface area (Å²) in [6.45, 7) is 69.7. The largest absolute Gasteiger partial charge is 0.0654 e. The van der Waals surface area contributed by atoms with Gasteiger partial charge in [-0.2, -0.15) is 0 Å². The predicted octanol–water partition coefficient (Wildman–Crippen LogP) is 18.0. The van der Waals surface area contributed by atoms with Crippen molar-refractivity contribution in [2.75, 3.05) is 0 Å². The number of rotatable bonds is 23. The van der Waals surface area contributed by atoms with Crippen LogP contribution in [-0.4, -0.2) is 0 Å². The number of hydrogen-bond donors (Lipinski definition) is 0. The Morgan fingerprint density at radius 3 is 0.821 bits per heavy atom. The molecule has 0 amide bonds. The average Bonchev–Trinajstić information content (AvgIpc) is 3.15. The van der Waals surface area contributed by atoms with Crippen molar-refractivity contribution in [1.82, 2.24) is 0 Å². The Balaban J connectivity index is 3.16. The minimum Gasteiger partial charge on any atom is -0.0654 e. The van der Waals surface area contributed by atoms with Crippen LogP contribution < -0.4 is 0 Å². The van der Waals surface area contributed by atoms with Gasteiger partial charge in [0.25, 0.3) is 0 Å². The summed E-state index contributed by atoms with van der Waals surface area (Å²) in [6.07, 6.45) is 2.73. The second kappa shape index (κ2) is 23.3. The van der Waals surface area contributed by atoms with Crippen LogP contribution in [-0.2, 0) is 0 Å². The van der Waals surface area contributed by atoms with Crippen molar-refractivity contribution in [1.29, 1.82) is 0 Å². The molecule has 0 aromatic rings. The normalized spacial score (nSPS) is 32.2. The molecule has 1 rings (SSSR count). The highest BCUT2D eigenvalue weighted by molar-refractivity contribution is 4.97. The van der Waals surface area contributed by atoms with Gasteiger partial charge < -0.3 is 0 Å². The van der Waals surface area contributed by atoms with Gasteiger partial charge in [0.05, 0.1) is 0 Å². The van der Waals surface area contributed by atoms with Crippen molar-refractivity contribution < 1.29 is 0 Å². The van der Waals surface area contributed by atoms with Crippen molar-refractivity contribution in [3.63, 3.8) is 0 Å². The molecular formula is C56H112. The van der Waals surface area contributed by atoms with E-state index in [1.807, 2.05) is 0 Å². The summed E-state index contributed by atoms with van der Waals surface area (Å²) in [5.74, 6) is 20.6. The first-order chi connectivity index (χ1) is 25.6. The molecule has 0 spiro atoms. The molecule has 0 saturated heterocycles. The second-order valence-corrected chi connectivity index (χ2v) is 24.1. The lowest BCUT2D eigenvalue weighted by Gasteiger charge is -2.55. The van der Waals surface area contributed by atoms with Gasteiger partial charge in [0.2, 0.25) is 0 Å². The molecule has 0 N–H and O–H groups in total. The Bertz CT molecular complexity index is 1040. The third-order valence-corrected chi connectivity index (χ3v) is 21.3. The van der Waals surface area contributed by atoms with Crippen LogP contribution in [0.25, 0.3) is 0 Å². The summed E-state index contributed by atoms with van der Waals surface area (Å²) in [5, 5.41) is 0. The van der Waals surface area contributed by atoms with Gasteiger partial charge in [0, 0.05) is 0 Å². The van der Waals surface area contributed by atoms with Crippen LogP contribution in [0.5, 0.6) is 0 Å². The molecule has 0 aliphatic heterocycles. The van der Waals surface area contributed by atoms with Gasteiger partial charge in [0.1, 0.15) is 0 Å². The minimum atomic E-state index is 0.704. The van der Waals surface area contributed by atoms with Gasteiger partial charge in [-0.3, -0.25) is 0 Å². The van der Waals surface area contributed by atoms with Gasteiger partial charge in [0.15, 0.2) is 0 Å². The maximum atomic E-state index is 2.67. The summed E-state index contributed by atoms with van der Waals surface area (Å²) < 4.78 is 0. The fourth-order valence-electron chi connectivity index (χ4n) is 14.5. The maximum Gasteiger partial charge on any atom is -0.0327 e. The first kappa shape index (κ1) is 54.0. The Labute approximate surface area is 358 Å². The topological polar surface area (TPSA) is 0 Å². The first-order valence-corrected chi connectivity index (χ1v) is 25.6. The SMILES string of the molecule is CCCC(C(C)C)C1C(C)C(C)C(C(C)C(C)C(C)C(C)C(C)C(C(C)C)C(C)C(C)C(C)C(C)C(C)C(C)C(C)C(C)C(C)C(C)C(C)C(C)C)C(C)C1C. The molecule has 0 bridgehead atoms. The molecule has 22 atom stereocenters. The van der Waals surface area contributed by atoms with Crippen LogP contribution in [0, 0.1) is 160 Å². The maximum absolute atomic E-state index is 2.67. The van der Waals surface area contributed by atoms with E-state index in [1.165, 1.54) is 12.8 Å². The van der Waals surface area contributed by atoms with Crippen molar-refractivity contribution in [2.24, 2.45) is 160 Å². The molecule has 0 aromatic carbocycles. The summed E-state index contributed by atoms with van der Waals surface area (Å²) in [4.78, 5) is 0. The molecule has 56 heavy (non-hydrogen) atoms. The highest BCUT2D eigenvalue weighted by atomic mass is 14.5. The summed E-state index contributed by atoms with van der Waals surface area (Å²) >= 11 is 0. The fraction of sp³-hybridized carbons (Fsp3) is 1.00. The minimum absolute atomic E-state index is 0.704. The van der Waals surface area contributed by atoms with Gasteiger partial charge in [-0.15, -0.1) is 0 Å². The van der Waals surface area contributed by atoms with Crippen LogP contribution in [0.2, 0.25) is 0 Å². The standard InChI is InChI=1S/C56H112/c1-28-29-53(31(4)5)56-51(26)49(24)55(50(25)52(56)27)48(23)45(20)42(17)44(19)47(22)54(32(6)7)46(21)43(18)41(16)40(15)39(14)38(13)37(12)36(11)35(10)34(9)33(8)30(2)3/h30-56H,28-29H2,1-27H3. The van der Waals surface area contributed by atoms with Crippen molar-refractivity contribution in [2.45, 2.75) is 200 Å². The van der Waals surface area contributed by atoms with Crippen LogP contribution in [0.4, 0.5) is 0 Å². The van der Waals surface area contributed by atoms with E-state index in [-0.39, 0.29) is 0 Å². The average molecular weight is 786 g/mol. The van der Waals surface area contributed by atoms with Crippen LogP contribution in [0.1, 0.15) is 200 Å². The van der Waals surface area contributed by atoms with E-state index in [4.69, 9.17) is 0 Å². The molecule has 1 saturated carbocycles. The van der Waals surface area contributed by atoms with E-state index >= 15 is 0 Å². The van der Waals surface area contributed by atoms with Crippen molar-refractivity contribution in [3.8, 4) is 0 Å². The lowest BCUT2D eigenvalue weighted by Crippen LogP contribution is -2.49. The summed E-state index contributed by atoms with van der Waals surface area (Å²) in [6, 6.07) is 0. The Morgan fingerprint density at radius 2 is 0.554 bits per heavy atom. The Kier molecular flexibility index (Phi) is 22.5. The quantitative estimate of drug-likeness (QED) is 0.0968. The van der Waals surface area contributed by atoms with E-state index < -0.39 is 0 Å². The van der Waals surface area contributed by atoms with E-state index in [0.29, 0.717) is 11.8 Å². The zero-order valence-corrected chi connectivity index (χ0v) is 44.0. The lowest BCUT2D eigenvalue weighted by atomic mass is 9.50.